The maximum absolute atomic E-state index is 2.29. The van der Waals surface area contributed by atoms with Crippen LogP contribution in [0, 0.1) is 5.41 Å². The molecule has 0 bridgehead atoms. The number of hydrogen-bond donors (Lipinski definition) is 0. The van der Waals surface area contributed by atoms with Gasteiger partial charge in [0.25, 0.3) is 0 Å². The van der Waals surface area contributed by atoms with Crippen LogP contribution in [0.1, 0.15) is 48.0 Å². The summed E-state index contributed by atoms with van der Waals surface area (Å²) in [6.45, 7) is 9.06. The molecule has 0 aromatic carbocycles. The molecule has 0 aromatic heterocycles. The van der Waals surface area contributed by atoms with Crippen molar-refractivity contribution in [1.82, 2.24) is 0 Å². The molecule has 0 amide bonds. The van der Waals surface area contributed by atoms with Crippen molar-refractivity contribution in [2.24, 2.45) is 5.41 Å². The third-order valence-electron chi connectivity index (χ3n) is 2.32. The van der Waals surface area contributed by atoms with Gasteiger partial charge in [-0.05, 0) is 25.2 Å². The fourth-order valence-corrected chi connectivity index (χ4v) is 1.37. The highest BCUT2D eigenvalue weighted by molar-refractivity contribution is 5.26. The summed E-state index contributed by atoms with van der Waals surface area (Å²) >= 11 is 0. The monoisotopic (exact) mass is 166 g/mol. The second kappa shape index (κ2) is 3.93. The first-order chi connectivity index (χ1) is 5.00. The van der Waals surface area contributed by atoms with Gasteiger partial charge in [-0.2, -0.15) is 0 Å². The average molecular weight is 166 g/mol. The summed E-state index contributed by atoms with van der Waals surface area (Å²) < 4.78 is 0. The van der Waals surface area contributed by atoms with Crippen molar-refractivity contribution >= 4 is 0 Å². The van der Waals surface area contributed by atoms with Crippen LogP contribution >= 0.6 is 0 Å². The second-order valence-electron chi connectivity index (χ2n) is 4.45. The van der Waals surface area contributed by atoms with E-state index in [2.05, 4.69) is 39.8 Å². The predicted octanol–water partition coefficient (Wildman–Crippen LogP) is 4.34. The summed E-state index contributed by atoms with van der Waals surface area (Å²) in [4.78, 5) is 0. The van der Waals surface area contributed by atoms with Crippen molar-refractivity contribution in [2.45, 2.75) is 48.0 Å². The van der Waals surface area contributed by atoms with Gasteiger partial charge in [0.1, 0.15) is 0 Å². The highest BCUT2D eigenvalue weighted by Gasteiger charge is 2.17. The van der Waals surface area contributed by atoms with Crippen LogP contribution in [0.4, 0.5) is 0 Å². The molecule has 0 heteroatoms. The summed E-state index contributed by atoms with van der Waals surface area (Å²) in [6, 6.07) is 0. The highest BCUT2D eigenvalue weighted by atomic mass is 14.2. The molecule has 0 saturated heterocycles. The zero-order valence-electron chi connectivity index (χ0n) is 8.07. The largest absolute Gasteiger partial charge is 0.0776 e. The first-order valence-corrected chi connectivity index (χ1v) is 4.37. The van der Waals surface area contributed by atoms with Crippen molar-refractivity contribution in [3.05, 3.63) is 23.3 Å². The normalized spacial score (nSPS) is 17.7. The summed E-state index contributed by atoms with van der Waals surface area (Å²) in [5.41, 5.74) is 3.47. The molecule has 1 aliphatic rings. The number of allylic oxidation sites excluding steroid dienone is 4. The van der Waals surface area contributed by atoms with Crippen LogP contribution in [-0.2, 0) is 0 Å². The van der Waals surface area contributed by atoms with Gasteiger partial charge in [-0.15, -0.1) is 0 Å². The second-order valence-corrected chi connectivity index (χ2v) is 4.45. The summed E-state index contributed by atoms with van der Waals surface area (Å²) in [6.07, 6.45) is 7.05. The molecule has 0 spiro atoms. The maximum Gasteiger partial charge on any atom is -0.0170 e. The topological polar surface area (TPSA) is 0 Å². The summed E-state index contributed by atoms with van der Waals surface area (Å²) in [5.74, 6) is 0. The Morgan fingerprint density at radius 1 is 1.08 bits per heavy atom. The molecule has 0 aliphatic heterocycles. The van der Waals surface area contributed by atoms with E-state index in [0.717, 1.165) is 0 Å². The fourth-order valence-electron chi connectivity index (χ4n) is 1.37. The SMILES string of the molecule is C.CC1=CC=C(C(C)(C)C)CC1. The molecular formula is C12H22. The zero-order chi connectivity index (χ0) is 8.48. The number of rotatable bonds is 0. The van der Waals surface area contributed by atoms with Crippen LogP contribution in [0.15, 0.2) is 23.3 Å². The van der Waals surface area contributed by atoms with Crippen LogP contribution in [0.2, 0.25) is 0 Å². The van der Waals surface area contributed by atoms with Gasteiger partial charge in [-0.1, -0.05) is 51.5 Å². The Bertz CT molecular complexity index is 199. The van der Waals surface area contributed by atoms with E-state index in [1.54, 1.807) is 5.57 Å². The third kappa shape index (κ3) is 2.84. The Kier molecular flexibility index (Phi) is 3.76. The lowest BCUT2D eigenvalue weighted by atomic mass is 9.81. The fraction of sp³-hybridized carbons (Fsp3) is 0.667. The van der Waals surface area contributed by atoms with Gasteiger partial charge < -0.3 is 0 Å². The molecule has 0 radical (unpaired) electrons. The molecule has 1 aliphatic carbocycles. The van der Waals surface area contributed by atoms with E-state index in [1.165, 1.54) is 18.4 Å². The molecule has 1 rings (SSSR count). The minimum atomic E-state index is 0. The van der Waals surface area contributed by atoms with Gasteiger partial charge in [0.05, 0.1) is 0 Å². The first-order valence-electron chi connectivity index (χ1n) is 4.37. The van der Waals surface area contributed by atoms with Crippen LogP contribution in [0.25, 0.3) is 0 Å². The van der Waals surface area contributed by atoms with Crippen LogP contribution < -0.4 is 0 Å². The maximum atomic E-state index is 2.29. The van der Waals surface area contributed by atoms with Crippen LogP contribution in [0.3, 0.4) is 0 Å². The number of hydrogen-bond acceptors (Lipinski definition) is 0. The predicted molar refractivity (Wildman–Crippen MR) is 57.3 cm³/mol. The Morgan fingerprint density at radius 3 is 2.00 bits per heavy atom. The van der Waals surface area contributed by atoms with E-state index in [-0.39, 0.29) is 7.43 Å². The molecule has 0 atom stereocenters. The quantitative estimate of drug-likeness (QED) is 0.502. The van der Waals surface area contributed by atoms with E-state index in [9.17, 15) is 0 Å². The van der Waals surface area contributed by atoms with Crippen molar-refractivity contribution in [1.29, 1.82) is 0 Å². The van der Waals surface area contributed by atoms with Crippen molar-refractivity contribution in [2.75, 3.05) is 0 Å². The Morgan fingerprint density at radius 2 is 1.67 bits per heavy atom. The summed E-state index contributed by atoms with van der Waals surface area (Å²) in [7, 11) is 0. The smallest absolute Gasteiger partial charge is 0.0170 e. The van der Waals surface area contributed by atoms with Gasteiger partial charge in [0, 0.05) is 0 Å². The van der Waals surface area contributed by atoms with Crippen LogP contribution in [-0.4, -0.2) is 0 Å². The van der Waals surface area contributed by atoms with Crippen molar-refractivity contribution in [3.8, 4) is 0 Å². The molecule has 0 saturated carbocycles. The minimum Gasteiger partial charge on any atom is -0.0776 e. The molecule has 0 unspecified atom stereocenters. The molecule has 0 heterocycles. The van der Waals surface area contributed by atoms with Gasteiger partial charge >= 0.3 is 0 Å². The van der Waals surface area contributed by atoms with Crippen LogP contribution in [0.5, 0.6) is 0 Å². The first kappa shape index (κ1) is 11.5. The minimum absolute atomic E-state index is 0. The Hall–Kier alpha value is -0.520. The molecule has 0 aromatic rings. The lowest BCUT2D eigenvalue weighted by molar-refractivity contribution is 0.479. The van der Waals surface area contributed by atoms with E-state index in [1.807, 2.05) is 0 Å². The Labute approximate surface area is 77.4 Å². The van der Waals surface area contributed by atoms with E-state index in [4.69, 9.17) is 0 Å². The molecule has 0 N–H and O–H groups in total. The highest BCUT2D eigenvalue weighted by Crippen LogP contribution is 2.32. The lowest BCUT2D eigenvalue weighted by Gasteiger charge is -2.25. The lowest BCUT2D eigenvalue weighted by Crippen LogP contribution is -2.10. The van der Waals surface area contributed by atoms with Gasteiger partial charge in [-0.3, -0.25) is 0 Å². The van der Waals surface area contributed by atoms with E-state index in [0.29, 0.717) is 5.41 Å². The van der Waals surface area contributed by atoms with Gasteiger partial charge in [0.15, 0.2) is 0 Å². The average Bonchev–Trinajstić information content (AvgIpc) is 1.86. The molecular weight excluding hydrogens is 144 g/mol. The molecule has 0 fully saturated rings. The molecule has 0 nitrogen and oxygen atoms in total. The molecule has 12 heavy (non-hydrogen) atoms. The third-order valence-corrected chi connectivity index (χ3v) is 2.32. The van der Waals surface area contributed by atoms with Crippen molar-refractivity contribution < 1.29 is 0 Å². The van der Waals surface area contributed by atoms with E-state index >= 15 is 0 Å². The summed E-state index contributed by atoms with van der Waals surface area (Å²) in [5, 5.41) is 0. The van der Waals surface area contributed by atoms with Gasteiger partial charge in [-0.25, -0.2) is 0 Å². The zero-order valence-corrected chi connectivity index (χ0v) is 8.07. The van der Waals surface area contributed by atoms with Crippen molar-refractivity contribution in [3.63, 3.8) is 0 Å². The standard InChI is InChI=1S/C11H18.CH4/c1-9-5-7-10(8-6-9)11(2,3)4;/h5,7H,6,8H2,1-4H3;1H4. The molecule has 70 valence electrons. The Balaban J connectivity index is 0.00000121. The van der Waals surface area contributed by atoms with Gasteiger partial charge in [0.2, 0.25) is 0 Å². The van der Waals surface area contributed by atoms with E-state index < -0.39 is 0 Å².